The highest BCUT2D eigenvalue weighted by Gasteiger charge is 2.35. The fraction of sp³-hybridized carbons (Fsp3) is 0.692. The van der Waals surface area contributed by atoms with Crippen molar-refractivity contribution in [1.29, 1.82) is 0 Å². The van der Waals surface area contributed by atoms with Crippen LogP contribution in [0.25, 0.3) is 0 Å². The van der Waals surface area contributed by atoms with Gasteiger partial charge in [0.15, 0.2) is 0 Å². The molecule has 0 atom stereocenters. The molecule has 0 saturated carbocycles. The molecule has 0 aliphatic carbocycles. The Morgan fingerprint density at radius 3 is 2.79 bits per heavy atom. The molecule has 2 heterocycles. The summed E-state index contributed by atoms with van der Waals surface area (Å²) in [5.41, 5.74) is 1.24. The number of aryl methyl sites for hydroxylation is 2. The molecule has 1 aromatic heterocycles. The summed E-state index contributed by atoms with van der Waals surface area (Å²) < 4.78 is 1.87. The van der Waals surface area contributed by atoms with Crippen molar-refractivity contribution in [3.63, 3.8) is 0 Å². The van der Waals surface area contributed by atoms with Crippen molar-refractivity contribution in [2.24, 2.45) is 0 Å². The zero-order valence-corrected chi connectivity index (χ0v) is 12.7. The van der Waals surface area contributed by atoms with Crippen molar-refractivity contribution in [1.82, 2.24) is 20.0 Å². The van der Waals surface area contributed by atoms with E-state index in [4.69, 9.17) is 11.6 Å². The highest BCUT2D eigenvalue weighted by atomic mass is 35.5. The van der Waals surface area contributed by atoms with Crippen LogP contribution in [-0.4, -0.2) is 39.2 Å². The lowest BCUT2D eigenvalue weighted by atomic mass is 10.0. The molecule has 0 bridgehead atoms. The summed E-state index contributed by atoms with van der Waals surface area (Å²) in [5, 5.41) is 8.28. The molecular formula is C13H21ClN4O. The molecule has 2 rings (SSSR count). The number of piperazine rings is 1. The van der Waals surface area contributed by atoms with Crippen molar-refractivity contribution in [2.75, 3.05) is 13.1 Å². The Kier molecular flexibility index (Phi) is 3.87. The molecule has 1 aliphatic heterocycles. The number of nitrogens with one attached hydrogen (secondary N) is 1. The van der Waals surface area contributed by atoms with Crippen molar-refractivity contribution >= 4 is 17.5 Å². The third-order valence-corrected chi connectivity index (χ3v) is 4.06. The molecule has 1 aliphatic rings. The van der Waals surface area contributed by atoms with Crippen LogP contribution in [-0.2, 0) is 17.9 Å². The third-order valence-electron chi connectivity index (χ3n) is 3.56. The van der Waals surface area contributed by atoms with Crippen LogP contribution in [0.4, 0.5) is 0 Å². The largest absolute Gasteiger partial charge is 0.334 e. The van der Waals surface area contributed by atoms with Crippen LogP contribution >= 0.6 is 11.6 Å². The number of nitrogens with zero attached hydrogens (tertiary/aromatic N) is 3. The number of halogens is 1. The van der Waals surface area contributed by atoms with Gasteiger partial charge in [0.2, 0.25) is 5.91 Å². The maximum atomic E-state index is 12.4. The Labute approximate surface area is 118 Å². The van der Waals surface area contributed by atoms with E-state index >= 15 is 0 Å². The highest BCUT2D eigenvalue weighted by Crippen LogP contribution is 2.23. The van der Waals surface area contributed by atoms with Crippen LogP contribution < -0.4 is 5.32 Å². The van der Waals surface area contributed by atoms with Gasteiger partial charge in [0, 0.05) is 19.6 Å². The van der Waals surface area contributed by atoms with E-state index in [9.17, 15) is 4.79 Å². The summed E-state index contributed by atoms with van der Waals surface area (Å²) in [6, 6.07) is 0. The molecule has 1 saturated heterocycles. The first-order chi connectivity index (χ1) is 8.86. The van der Waals surface area contributed by atoms with Crippen LogP contribution in [0.1, 0.15) is 32.2 Å². The monoisotopic (exact) mass is 284 g/mol. The minimum absolute atomic E-state index is 0.108. The summed E-state index contributed by atoms with van der Waals surface area (Å²) in [5.74, 6) is 0.108. The van der Waals surface area contributed by atoms with Crippen LogP contribution in [0.15, 0.2) is 0 Å². The first-order valence-electron chi connectivity index (χ1n) is 6.63. The maximum absolute atomic E-state index is 12.4. The van der Waals surface area contributed by atoms with Gasteiger partial charge in [0.25, 0.3) is 0 Å². The van der Waals surface area contributed by atoms with Gasteiger partial charge in [-0.05, 0) is 27.7 Å². The topological polar surface area (TPSA) is 50.2 Å². The number of hydrogen-bond acceptors (Lipinski definition) is 3. The molecule has 0 aromatic carbocycles. The number of carbonyl (C=O) groups excluding carboxylic acids is 1. The third kappa shape index (κ3) is 2.62. The van der Waals surface area contributed by atoms with E-state index in [-0.39, 0.29) is 5.91 Å². The normalized spacial score (nSPS) is 19.0. The van der Waals surface area contributed by atoms with Gasteiger partial charge >= 0.3 is 0 Å². The summed E-state index contributed by atoms with van der Waals surface area (Å²) in [6.45, 7) is 10.5. The Morgan fingerprint density at radius 2 is 2.16 bits per heavy atom. The van der Waals surface area contributed by atoms with E-state index in [1.54, 1.807) is 0 Å². The highest BCUT2D eigenvalue weighted by molar-refractivity contribution is 6.31. The van der Waals surface area contributed by atoms with Crippen molar-refractivity contribution in [3.05, 3.63) is 16.4 Å². The molecule has 0 radical (unpaired) electrons. The van der Waals surface area contributed by atoms with E-state index in [0.717, 1.165) is 24.5 Å². The van der Waals surface area contributed by atoms with Crippen molar-refractivity contribution in [2.45, 2.75) is 46.3 Å². The molecular weight excluding hydrogens is 264 g/mol. The number of aromatic nitrogens is 2. The lowest BCUT2D eigenvalue weighted by molar-refractivity contribution is -0.140. The van der Waals surface area contributed by atoms with Gasteiger partial charge in [0.05, 0.1) is 28.5 Å². The number of amides is 1. The summed E-state index contributed by atoms with van der Waals surface area (Å²) >= 11 is 6.29. The lowest BCUT2D eigenvalue weighted by Gasteiger charge is -2.38. The molecule has 0 spiro atoms. The second-order valence-corrected chi connectivity index (χ2v) is 5.82. The zero-order valence-electron chi connectivity index (χ0n) is 12.0. The summed E-state index contributed by atoms with van der Waals surface area (Å²) in [6.07, 6.45) is 0. The summed E-state index contributed by atoms with van der Waals surface area (Å²) in [4.78, 5) is 14.2. The van der Waals surface area contributed by atoms with E-state index in [2.05, 4.69) is 10.4 Å². The first kappa shape index (κ1) is 14.3. The van der Waals surface area contributed by atoms with Gasteiger partial charge in [-0.15, -0.1) is 0 Å². The Morgan fingerprint density at radius 1 is 1.47 bits per heavy atom. The van der Waals surface area contributed by atoms with Gasteiger partial charge in [0.1, 0.15) is 0 Å². The molecule has 106 valence electrons. The lowest BCUT2D eigenvalue weighted by Crippen LogP contribution is -2.60. The van der Waals surface area contributed by atoms with E-state index in [1.165, 1.54) is 0 Å². The molecule has 1 N–H and O–H groups in total. The molecule has 1 fully saturated rings. The standard InChI is InChI=1S/C13H21ClN4O/c1-5-18-10(11(14)9(2)16-18)8-17-7-6-15-13(3,4)12(17)19/h15H,5-8H2,1-4H3. The molecule has 1 amide bonds. The Balaban J connectivity index is 2.24. The predicted molar refractivity (Wildman–Crippen MR) is 75.1 cm³/mol. The van der Waals surface area contributed by atoms with Crippen LogP contribution in [0.2, 0.25) is 5.02 Å². The minimum Gasteiger partial charge on any atom is -0.334 e. The zero-order chi connectivity index (χ0) is 14.2. The Bertz CT molecular complexity index is 495. The summed E-state index contributed by atoms with van der Waals surface area (Å²) in [7, 11) is 0. The van der Waals surface area contributed by atoms with Crippen LogP contribution in [0.5, 0.6) is 0 Å². The van der Waals surface area contributed by atoms with Gasteiger partial charge < -0.3 is 10.2 Å². The fourth-order valence-corrected chi connectivity index (χ4v) is 2.62. The SMILES string of the molecule is CCn1nc(C)c(Cl)c1CN1CCNC(C)(C)C1=O. The van der Waals surface area contributed by atoms with Crippen molar-refractivity contribution in [3.8, 4) is 0 Å². The predicted octanol–water partition coefficient (Wildman–Crippen LogP) is 1.58. The first-order valence-corrected chi connectivity index (χ1v) is 7.00. The van der Waals surface area contributed by atoms with Crippen molar-refractivity contribution < 1.29 is 4.79 Å². The number of hydrogen-bond donors (Lipinski definition) is 1. The smallest absolute Gasteiger partial charge is 0.242 e. The number of rotatable bonds is 3. The van der Waals surface area contributed by atoms with E-state index in [1.807, 2.05) is 37.3 Å². The molecule has 6 heteroatoms. The average Bonchev–Trinajstić information content (AvgIpc) is 2.62. The van der Waals surface area contributed by atoms with Gasteiger partial charge in [-0.3, -0.25) is 9.48 Å². The Hall–Kier alpha value is -1.07. The van der Waals surface area contributed by atoms with Gasteiger partial charge in [-0.25, -0.2) is 0 Å². The molecule has 19 heavy (non-hydrogen) atoms. The maximum Gasteiger partial charge on any atom is 0.242 e. The second kappa shape index (κ2) is 5.13. The fourth-order valence-electron chi connectivity index (χ4n) is 2.43. The number of carbonyl (C=O) groups is 1. The van der Waals surface area contributed by atoms with Gasteiger partial charge in [-0.2, -0.15) is 5.10 Å². The van der Waals surface area contributed by atoms with E-state index in [0.29, 0.717) is 18.1 Å². The minimum atomic E-state index is -0.503. The average molecular weight is 285 g/mol. The quantitative estimate of drug-likeness (QED) is 0.917. The van der Waals surface area contributed by atoms with E-state index < -0.39 is 5.54 Å². The molecule has 5 nitrogen and oxygen atoms in total. The second-order valence-electron chi connectivity index (χ2n) is 5.44. The van der Waals surface area contributed by atoms with Gasteiger partial charge in [-0.1, -0.05) is 11.6 Å². The van der Waals surface area contributed by atoms with Crippen LogP contribution in [0.3, 0.4) is 0 Å². The molecule has 0 unspecified atom stereocenters. The van der Waals surface area contributed by atoms with Crippen LogP contribution in [0, 0.1) is 6.92 Å². The molecule has 1 aromatic rings.